The number of nitrogens with zero attached hydrogens (tertiary/aromatic N) is 1. The highest BCUT2D eigenvalue weighted by atomic mass is 79.9. The molecule has 0 saturated carbocycles. The molecule has 1 atom stereocenters. The second-order valence-electron chi connectivity index (χ2n) is 3.85. The van der Waals surface area contributed by atoms with E-state index in [2.05, 4.69) is 20.9 Å². The molecular weight excluding hydrogens is 298 g/mol. The van der Waals surface area contributed by atoms with Crippen molar-refractivity contribution in [2.75, 3.05) is 6.61 Å². The van der Waals surface area contributed by atoms with Gasteiger partial charge >= 0.3 is 0 Å². The van der Waals surface area contributed by atoms with Crippen LogP contribution in [0, 0.1) is 0 Å². The summed E-state index contributed by atoms with van der Waals surface area (Å²) in [5.74, 6) is 0.660. The standard InChI is InChI=1S/C13H14BrNO3/c1-2-4-17-10-6-9(7-15-8-10)12(16)11-3-5-18-13(11)14/h3,5-8,12,16H,2,4H2,1H3. The Balaban J connectivity index is 2.20. The van der Waals surface area contributed by atoms with E-state index in [9.17, 15) is 5.11 Å². The molecule has 0 aliphatic carbocycles. The van der Waals surface area contributed by atoms with E-state index in [1.54, 1.807) is 24.5 Å². The molecule has 2 rings (SSSR count). The molecule has 2 aromatic heterocycles. The molecule has 1 unspecified atom stereocenters. The first-order valence-corrected chi connectivity index (χ1v) is 6.50. The number of aromatic nitrogens is 1. The Morgan fingerprint density at radius 1 is 1.50 bits per heavy atom. The number of ether oxygens (including phenoxy) is 1. The van der Waals surface area contributed by atoms with Crippen molar-refractivity contribution >= 4 is 15.9 Å². The average molecular weight is 312 g/mol. The van der Waals surface area contributed by atoms with Crippen molar-refractivity contribution in [3.8, 4) is 5.75 Å². The van der Waals surface area contributed by atoms with E-state index in [0.717, 1.165) is 6.42 Å². The van der Waals surface area contributed by atoms with Crippen molar-refractivity contribution in [2.45, 2.75) is 19.4 Å². The Morgan fingerprint density at radius 2 is 2.33 bits per heavy atom. The van der Waals surface area contributed by atoms with Crippen LogP contribution in [0.1, 0.15) is 30.6 Å². The molecule has 0 bridgehead atoms. The maximum absolute atomic E-state index is 10.2. The highest BCUT2D eigenvalue weighted by Crippen LogP contribution is 2.30. The number of rotatable bonds is 5. The van der Waals surface area contributed by atoms with Gasteiger partial charge in [0.15, 0.2) is 4.67 Å². The molecule has 18 heavy (non-hydrogen) atoms. The fraction of sp³-hybridized carbons (Fsp3) is 0.308. The fourth-order valence-electron chi connectivity index (χ4n) is 1.56. The summed E-state index contributed by atoms with van der Waals surface area (Å²) < 4.78 is 11.1. The number of hydrogen-bond donors (Lipinski definition) is 1. The highest BCUT2D eigenvalue weighted by Gasteiger charge is 2.16. The second-order valence-corrected chi connectivity index (χ2v) is 4.57. The van der Waals surface area contributed by atoms with Crippen LogP contribution >= 0.6 is 15.9 Å². The van der Waals surface area contributed by atoms with Crippen LogP contribution in [-0.4, -0.2) is 16.7 Å². The summed E-state index contributed by atoms with van der Waals surface area (Å²) in [6, 6.07) is 3.50. The summed E-state index contributed by atoms with van der Waals surface area (Å²) in [6.07, 6.45) is 4.92. The first-order chi connectivity index (χ1) is 8.72. The minimum atomic E-state index is -0.782. The van der Waals surface area contributed by atoms with Crippen LogP contribution in [0.15, 0.2) is 39.9 Å². The van der Waals surface area contributed by atoms with Crippen molar-refractivity contribution in [1.29, 1.82) is 0 Å². The molecule has 0 aliphatic heterocycles. The van der Waals surface area contributed by atoms with Gasteiger partial charge in [0.2, 0.25) is 0 Å². The Labute approximate surface area is 114 Å². The van der Waals surface area contributed by atoms with Gasteiger partial charge in [-0.05, 0) is 34.5 Å². The highest BCUT2D eigenvalue weighted by molar-refractivity contribution is 9.10. The van der Waals surface area contributed by atoms with Crippen LogP contribution in [0.2, 0.25) is 0 Å². The Bertz CT molecular complexity index is 512. The maximum atomic E-state index is 10.2. The SMILES string of the molecule is CCCOc1cncc(C(O)c2ccoc2Br)c1. The Morgan fingerprint density at radius 3 is 3.00 bits per heavy atom. The largest absolute Gasteiger partial charge is 0.492 e. The number of furan rings is 1. The van der Waals surface area contributed by atoms with E-state index in [1.807, 2.05) is 6.92 Å². The van der Waals surface area contributed by atoms with Gasteiger partial charge in [-0.2, -0.15) is 0 Å². The van der Waals surface area contributed by atoms with Gasteiger partial charge in [-0.1, -0.05) is 6.92 Å². The number of halogens is 1. The minimum absolute atomic E-state index is 0.523. The summed E-state index contributed by atoms with van der Waals surface area (Å²) in [5, 5.41) is 10.2. The van der Waals surface area contributed by atoms with Crippen LogP contribution in [0.3, 0.4) is 0 Å². The number of hydrogen-bond acceptors (Lipinski definition) is 4. The molecule has 96 valence electrons. The topological polar surface area (TPSA) is 55.5 Å². The Kier molecular flexibility index (Phi) is 4.38. The number of aliphatic hydroxyl groups excluding tert-OH is 1. The zero-order valence-corrected chi connectivity index (χ0v) is 11.6. The third kappa shape index (κ3) is 2.91. The van der Waals surface area contributed by atoms with Crippen molar-refractivity contribution in [3.05, 3.63) is 46.6 Å². The molecule has 0 spiro atoms. The van der Waals surface area contributed by atoms with E-state index in [4.69, 9.17) is 9.15 Å². The summed E-state index contributed by atoms with van der Waals surface area (Å²) in [5.41, 5.74) is 1.34. The summed E-state index contributed by atoms with van der Waals surface area (Å²) in [7, 11) is 0. The first kappa shape index (κ1) is 13.1. The van der Waals surface area contributed by atoms with Crippen molar-refractivity contribution in [3.63, 3.8) is 0 Å². The smallest absolute Gasteiger partial charge is 0.175 e. The molecule has 2 aromatic rings. The van der Waals surface area contributed by atoms with Gasteiger partial charge in [-0.25, -0.2) is 0 Å². The fourth-order valence-corrected chi connectivity index (χ4v) is 2.02. The zero-order valence-electron chi connectivity index (χ0n) is 9.97. The molecule has 4 nitrogen and oxygen atoms in total. The predicted molar refractivity (Wildman–Crippen MR) is 70.5 cm³/mol. The van der Waals surface area contributed by atoms with Gasteiger partial charge in [0.1, 0.15) is 11.9 Å². The normalized spacial score (nSPS) is 12.4. The van der Waals surface area contributed by atoms with Gasteiger partial charge in [0.25, 0.3) is 0 Å². The summed E-state index contributed by atoms with van der Waals surface area (Å²) in [4.78, 5) is 4.07. The lowest BCUT2D eigenvalue weighted by Crippen LogP contribution is -2.02. The quantitative estimate of drug-likeness (QED) is 0.920. The molecule has 0 fully saturated rings. The van der Waals surface area contributed by atoms with Crippen molar-refractivity contribution in [1.82, 2.24) is 4.98 Å². The summed E-state index contributed by atoms with van der Waals surface area (Å²) in [6.45, 7) is 2.67. The van der Waals surface area contributed by atoms with Gasteiger partial charge in [-0.15, -0.1) is 0 Å². The number of pyridine rings is 1. The van der Waals surface area contributed by atoms with Crippen molar-refractivity contribution in [2.24, 2.45) is 0 Å². The predicted octanol–water partition coefficient (Wildman–Crippen LogP) is 3.31. The van der Waals surface area contributed by atoms with Crippen molar-refractivity contribution < 1.29 is 14.3 Å². The lowest BCUT2D eigenvalue weighted by molar-refractivity contribution is 0.216. The van der Waals surface area contributed by atoms with Gasteiger partial charge in [-0.3, -0.25) is 4.98 Å². The van der Waals surface area contributed by atoms with E-state index >= 15 is 0 Å². The zero-order chi connectivity index (χ0) is 13.0. The van der Waals surface area contributed by atoms with E-state index in [1.165, 1.54) is 6.26 Å². The first-order valence-electron chi connectivity index (χ1n) is 5.71. The third-order valence-corrected chi connectivity index (χ3v) is 3.11. The van der Waals surface area contributed by atoms with E-state index in [-0.39, 0.29) is 0 Å². The van der Waals surface area contributed by atoms with Crippen LogP contribution in [0.25, 0.3) is 0 Å². The molecule has 0 amide bonds. The molecule has 0 aliphatic rings. The molecular formula is C13H14BrNO3. The van der Waals surface area contributed by atoms with Gasteiger partial charge < -0.3 is 14.3 Å². The van der Waals surface area contributed by atoms with E-state index < -0.39 is 6.10 Å². The lowest BCUT2D eigenvalue weighted by atomic mass is 10.1. The van der Waals surface area contributed by atoms with Gasteiger partial charge in [0, 0.05) is 17.3 Å². The molecule has 0 radical (unpaired) electrons. The molecule has 0 saturated heterocycles. The minimum Gasteiger partial charge on any atom is -0.492 e. The maximum Gasteiger partial charge on any atom is 0.175 e. The summed E-state index contributed by atoms with van der Waals surface area (Å²) >= 11 is 3.25. The second kappa shape index (κ2) is 6.02. The van der Waals surface area contributed by atoms with Crippen LogP contribution in [0.5, 0.6) is 5.75 Å². The Hall–Kier alpha value is -1.33. The van der Waals surface area contributed by atoms with Crippen LogP contribution in [-0.2, 0) is 0 Å². The number of aliphatic hydroxyl groups is 1. The van der Waals surface area contributed by atoms with E-state index in [0.29, 0.717) is 28.2 Å². The molecule has 2 heterocycles. The van der Waals surface area contributed by atoms with Crippen LogP contribution in [0.4, 0.5) is 0 Å². The van der Waals surface area contributed by atoms with Crippen LogP contribution < -0.4 is 4.74 Å². The molecule has 0 aromatic carbocycles. The lowest BCUT2D eigenvalue weighted by Gasteiger charge is -2.11. The average Bonchev–Trinajstić information content (AvgIpc) is 2.82. The monoisotopic (exact) mass is 311 g/mol. The molecule has 5 heteroatoms. The molecule has 1 N–H and O–H groups in total. The third-order valence-electron chi connectivity index (χ3n) is 2.46. The van der Waals surface area contributed by atoms with Gasteiger partial charge in [0.05, 0.1) is 19.1 Å².